The van der Waals surface area contributed by atoms with E-state index in [4.69, 9.17) is 11.6 Å². The average Bonchev–Trinajstić information content (AvgIpc) is 2.79. The van der Waals surface area contributed by atoms with Crippen LogP contribution in [0.4, 0.5) is 0 Å². The number of fused-ring (bicyclic) bond motifs is 1. The maximum Gasteiger partial charge on any atom is 0.222 e. The molecule has 0 aliphatic carbocycles. The molecule has 20 heavy (non-hydrogen) atoms. The van der Waals surface area contributed by atoms with Crippen molar-refractivity contribution in [3.63, 3.8) is 0 Å². The lowest BCUT2D eigenvalue weighted by Crippen LogP contribution is -2.38. The van der Waals surface area contributed by atoms with Crippen molar-refractivity contribution in [1.82, 2.24) is 14.5 Å². The Morgan fingerprint density at radius 3 is 3.00 bits per heavy atom. The highest BCUT2D eigenvalue weighted by Gasteiger charge is 2.27. The molecular weight excluding hydrogens is 342 g/mol. The highest BCUT2D eigenvalue weighted by atomic mass is 79.9. The molecule has 2 heterocycles. The van der Waals surface area contributed by atoms with Gasteiger partial charge in [0.1, 0.15) is 5.82 Å². The maximum absolute atomic E-state index is 11.6. The predicted octanol–water partition coefficient (Wildman–Crippen LogP) is 3.33. The van der Waals surface area contributed by atoms with Gasteiger partial charge in [0, 0.05) is 24.5 Å². The summed E-state index contributed by atoms with van der Waals surface area (Å²) in [4.78, 5) is 18.0. The second-order valence-electron chi connectivity index (χ2n) is 5.13. The SMILES string of the molecule is CN1CC(n2c(CCl)nc3cc(Br)ccc32)CCC1=O. The summed E-state index contributed by atoms with van der Waals surface area (Å²) < 4.78 is 3.20. The lowest BCUT2D eigenvalue weighted by Gasteiger charge is -2.31. The fourth-order valence-corrected chi connectivity index (χ4v) is 3.36. The van der Waals surface area contributed by atoms with Crippen LogP contribution in [0.15, 0.2) is 22.7 Å². The number of benzene rings is 1. The minimum Gasteiger partial charge on any atom is -0.344 e. The van der Waals surface area contributed by atoms with Crippen LogP contribution in [-0.4, -0.2) is 34.0 Å². The summed E-state index contributed by atoms with van der Waals surface area (Å²) in [7, 11) is 1.85. The number of rotatable bonds is 2. The molecule has 1 aromatic heterocycles. The van der Waals surface area contributed by atoms with Gasteiger partial charge in [-0.2, -0.15) is 0 Å². The van der Waals surface area contributed by atoms with Gasteiger partial charge in [-0.1, -0.05) is 15.9 Å². The van der Waals surface area contributed by atoms with Gasteiger partial charge in [-0.15, -0.1) is 11.6 Å². The Morgan fingerprint density at radius 2 is 2.30 bits per heavy atom. The molecule has 6 heteroatoms. The first-order chi connectivity index (χ1) is 9.60. The smallest absolute Gasteiger partial charge is 0.222 e. The van der Waals surface area contributed by atoms with Crippen molar-refractivity contribution in [3.05, 3.63) is 28.5 Å². The summed E-state index contributed by atoms with van der Waals surface area (Å²) in [6, 6.07) is 6.31. The van der Waals surface area contributed by atoms with E-state index in [9.17, 15) is 4.79 Å². The molecule has 4 nitrogen and oxygen atoms in total. The zero-order valence-corrected chi connectivity index (χ0v) is 13.5. The number of carbonyl (C=O) groups excluding carboxylic acids is 1. The van der Waals surface area contributed by atoms with E-state index in [0.717, 1.165) is 27.8 Å². The molecule has 3 rings (SSSR count). The summed E-state index contributed by atoms with van der Waals surface area (Å²) >= 11 is 9.52. The number of hydrogen-bond acceptors (Lipinski definition) is 2. The molecule has 0 spiro atoms. The van der Waals surface area contributed by atoms with Crippen molar-refractivity contribution in [2.45, 2.75) is 24.8 Å². The third-order valence-corrected chi connectivity index (χ3v) is 4.54. The largest absolute Gasteiger partial charge is 0.344 e. The van der Waals surface area contributed by atoms with Crippen LogP contribution in [0.25, 0.3) is 11.0 Å². The van der Waals surface area contributed by atoms with E-state index in [2.05, 4.69) is 31.5 Å². The van der Waals surface area contributed by atoms with Crippen LogP contribution in [-0.2, 0) is 10.7 Å². The lowest BCUT2D eigenvalue weighted by atomic mass is 10.1. The van der Waals surface area contributed by atoms with E-state index in [1.165, 1.54) is 0 Å². The first-order valence-corrected chi connectivity index (χ1v) is 7.89. The van der Waals surface area contributed by atoms with E-state index in [1.54, 1.807) is 4.90 Å². The molecule has 1 fully saturated rings. The van der Waals surface area contributed by atoms with Crippen molar-refractivity contribution in [3.8, 4) is 0 Å². The third kappa shape index (κ3) is 2.33. The van der Waals surface area contributed by atoms with Gasteiger partial charge in [0.05, 0.1) is 23.0 Å². The van der Waals surface area contributed by atoms with Gasteiger partial charge in [-0.05, 0) is 24.6 Å². The van der Waals surface area contributed by atoms with Gasteiger partial charge in [0.25, 0.3) is 0 Å². The number of likely N-dealkylation sites (tertiary alicyclic amines) is 1. The second-order valence-corrected chi connectivity index (χ2v) is 6.31. The number of likely N-dealkylation sites (N-methyl/N-ethyl adjacent to an activating group) is 1. The van der Waals surface area contributed by atoms with Crippen molar-refractivity contribution >= 4 is 44.5 Å². The monoisotopic (exact) mass is 355 g/mol. The quantitative estimate of drug-likeness (QED) is 0.774. The zero-order valence-electron chi connectivity index (χ0n) is 11.1. The van der Waals surface area contributed by atoms with E-state index in [1.807, 2.05) is 19.2 Å². The Hall–Kier alpha value is -1.07. The van der Waals surface area contributed by atoms with E-state index < -0.39 is 0 Å². The van der Waals surface area contributed by atoms with Crippen LogP contribution in [0.1, 0.15) is 24.7 Å². The fourth-order valence-electron chi connectivity index (χ4n) is 2.82. The third-order valence-electron chi connectivity index (χ3n) is 3.81. The lowest BCUT2D eigenvalue weighted by molar-refractivity contribution is -0.132. The Kier molecular flexibility index (Phi) is 3.73. The van der Waals surface area contributed by atoms with Gasteiger partial charge < -0.3 is 9.47 Å². The molecule has 0 bridgehead atoms. The molecule has 2 aromatic rings. The molecule has 106 valence electrons. The number of halogens is 2. The first-order valence-electron chi connectivity index (χ1n) is 6.56. The molecule has 1 amide bonds. The summed E-state index contributed by atoms with van der Waals surface area (Å²) in [5.74, 6) is 1.45. The van der Waals surface area contributed by atoms with Gasteiger partial charge >= 0.3 is 0 Å². The summed E-state index contributed by atoms with van der Waals surface area (Å²) in [6.07, 6.45) is 1.42. The number of imidazole rings is 1. The van der Waals surface area contributed by atoms with Crippen LogP contribution in [0, 0.1) is 0 Å². The number of hydrogen-bond donors (Lipinski definition) is 0. The number of amides is 1. The number of carbonyl (C=O) groups is 1. The zero-order chi connectivity index (χ0) is 14.3. The molecule has 0 saturated carbocycles. The van der Waals surface area contributed by atoms with E-state index >= 15 is 0 Å². The normalized spacial score (nSPS) is 19.9. The number of aromatic nitrogens is 2. The van der Waals surface area contributed by atoms with Crippen molar-refractivity contribution < 1.29 is 4.79 Å². The van der Waals surface area contributed by atoms with Gasteiger partial charge in [0.15, 0.2) is 0 Å². The van der Waals surface area contributed by atoms with E-state index in [0.29, 0.717) is 18.8 Å². The predicted molar refractivity (Wildman–Crippen MR) is 82.9 cm³/mol. The maximum atomic E-state index is 11.6. The standard InChI is InChI=1S/C14H15BrClN3O/c1-18-8-10(3-5-14(18)20)19-12-4-2-9(15)6-11(12)17-13(19)7-16/h2,4,6,10H,3,5,7-8H2,1H3. The van der Waals surface area contributed by atoms with Crippen molar-refractivity contribution in [1.29, 1.82) is 0 Å². The van der Waals surface area contributed by atoms with E-state index in [-0.39, 0.29) is 11.9 Å². The van der Waals surface area contributed by atoms with Crippen molar-refractivity contribution in [2.75, 3.05) is 13.6 Å². The molecule has 0 radical (unpaired) electrons. The Morgan fingerprint density at radius 1 is 1.50 bits per heavy atom. The first kappa shape index (κ1) is 13.9. The summed E-state index contributed by atoms with van der Waals surface area (Å²) in [6.45, 7) is 0.713. The van der Waals surface area contributed by atoms with Crippen LogP contribution in [0.5, 0.6) is 0 Å². The van der Waals surface area contributed by atoms with Crippen molar-refractivity contribution in [2.24, 2.45) is 0 Å². The van der Waals surface area contributed by atoms with Gasteiger partial charge in [-0.25, -0.2) is 4.98 Å². The number of nitrogens with zero attached hydrogens (tertiary/aromatic N) is 3. The topological polar surface area (TPSA) is 38.1 Å². The van der Waals surface area contributed by atoms with Crippen LogP contribution in [0.2, 0.25) is 0 Å². The molecular formula is C14H15BrClN3O. The second kappa shape index (κ2) is 5.37. The van der Waals surface area contributed by atoms with Gasteiger partial charge in [-0.3, -0.25) is 4.79 Å². The van der Waals surface area contributed by atoms with Crippen LogP contribution >= 0.6 is 27.5 Å². The minimum absolute atomic E-state index is 0.209. The average molecular weight is 357 g/mol. The summed E-state index contributed by atoms with van der Waals surface area (Å²) in [5.41, 5.74) is 2.02. The fraction of sp³-hybridized carbons (Fsp3) is 0.429. The van der Waals surface area contributed by atoms with Crippen LogP contribution in [0.3, 0.4) is 0 Å². The highest BCUT2D eigenvalue weighted by Crippen LogP contribution is 2.29. The van der Waals surface area contributed by atoms with Gasteiger partial charge in [0.2, 0.25) is 5.91 Å². The number of alkyl halides is 1. The Balaban J connectivity index is 2.07. The Bertz CT molecular complexity index is 670. The molecule has 1 unspecified atom stereocenters. The molecule has 1 aliphatic heterocycles. The van der Waals surface area contributed by atoms with Crippen LogP contribution < -0.4 is 0 Å². The summed E-state index contributed by atoms with van der Waals surface area (Å²) in [5, 5.41) is 0. The molecule has 1 aliphatic rings. The number of piperidine rings is 1. The molecule has 0 N–H and O–H groups in total. The molecule has 1 atom stereocenters. The highest BCUT2D eigenvalue weighted by molar-refractivity contribution is 9.10. The Labute approximate surface area is 130 Å². The molecule has 1 aromatic carbocycles. The minimum atomic E-state index is 0.209. The molecule has 1 saturated heterocycles.